The van der Waals surface area contributed by atoms with Crippen molar-refractivity contribution in [3.05, 3.63) is 47.4 Å². The summed E-state index contributed by atoms with van der Waals surface area (Å²) in [5.41, 5.74) is 1.23. The summed E-state index contributed by atoms with van der Waals surface area (Å²) in [6, 6.07) is 6.50. The number of rotatable bonds is 16. The Labute approximate surface area is 245 Å². The molecule has 0 bridgehead atoms. The first kappa shape index (κ1) is 34.4. The SMILES string of the molecule is CCCCCS(=O)(=O)N(CCC)CCN1C[C@H](c2ccc3c(c2)OCO3)C[C@@H]1C/C=C\C(OC)=C(/C)OC.O=CO. The largest absolute Gasteiger partial charge is 0.498 e. The van der Waals surface area contributed by atoms with Gasteiger partial charge in [-0.15, -0.1) is 0 Å². The first-order valence-electron chi connectivity index (χ1n) is 14.4. The van der Waals surface area contributed by atoms with E-state index >= 15 is 0 Å². The Bertz CT molecular complexity index is 1110. The quantitative estimate of drug-likeness (QED) is 0.122. The third-order valence-electron chi connectivity index (χ3n) is 7.46. The highest BCUT2D eigenvalue weighted by atomic mass is 32.2. The highest BCUT2D eigenvalue weighted by molar-refractivity contribution is 7.89. The lowest BCUT2D eigenvalue weighted by molar-refractivity contribution is -0.122. The van der Waals surface area contributed by atoms with Gasteiger partial charge >= 0.3 is 0 Å². The molecule has 0 amide bonds. The van der Waals surface area contributed by atoms with Crippen LogP contribution >= 0.6 is 0 Å². The van der Waals surface area contributed by atoms with Crippen LogP contribution in [0.15, 0.2) is 41.9 Å². The Morgan fingerprint density at radius 1 is 1.12 bits per heavy atom. The summed E-state index contributed by atoms with van der Waals surface area (Å²) in [5.74, 6) is 3.60. The molecule has 1 saturated heterocycles. The van der Waals surface area contributed by atoms with Gasteiger partial charge in [0.2, 0.25) is 16.8 Å². The molecule has 0 unspecified atom stereocenters. The molecule has 1 N–H and O–H groups in total. The van der Waals surface area contributed by atoms with Crippen LogP contribution in [0, 0.1) is 0 Å². The Hall–Kier alpha value is -2.76. The van der Waals surface area contributed by atoms with Crippen molar-refractivity contribution in [3.63, 3.8) is 0 Å². The molecule has 2 aliphatic heterocycles. The van der Waals surface area contributed by atoms with Crippen molar-refractivity contribution in [1.29, 1.82) is 0 Å². The molecule has 0 radical (unpaired) electrons. The minimum atomic E-state index is -3.26. The molecule has 10 nitrogen and oxygen atoms in total. The van der Waals surface area contributed by atoms with Gasteiger partial charge in [0.05, 0.1) is 20.0 Å². The van der Waals surface area contributed by atoms with Gasteiger partial charge in [-0.25, -0.2) is 12.7 Å². The van der Waals surface area contributed by atoms with Crippen molar-refractivity contribution in [2.75, 3.05) is 52.9 Å². The van der Waals surface area contributed by atoms with E-state index in [-0.39, 0.29) is 25.1 Å². The molecule has 0 spiro atoms. The topological polar surface area (TPSA) is 115 Å². The van der Waals surface area contributed by atoms with Crippen molar-refractivity contribution in [3.8, 4) is 11.5 Å². The Morgan fingerprint density at radius 2 is 1.85 bits per heavy atom. The number of fused-ring (bicyclic) bond motifs is 1. The fourth-order valence-corrected chi connectivity index (χ4v) is 6.86. The third kappa shape index (κ3) is 10.5. The number of methoxy groups -OCH3 is 2. The van der Waals surface area contributed by atoms with Crippen LogP contribution in [0.4, 0.5) is 0 Å². The standard InChI is InChI=1S/C29H46N2O6S.CH2O2/c1-6-8-9-18-38(32,33)31(15-7-2)17-16-30-21-25(24-13-14-28-29(20-24)37-22-36-28)19-26(30)11-10-12-27(35-5)23(3)34-4;2-1-3/h10,12-14,20,25-26H,6-9,11,15-19,21-22H2,1-5H3;1H,(H,2,3)/b12-10-,27-23-;/t25-,26+;/m1./s1. The molecule has 1 aromatic carbocycles. The maximum absolute atomic E-state index is 13.1. The Kier molecular flexibility index (Phi) is 15.1. The summed E-state index contributed by atoms with van der Waals surface area (Å²) in [5, 5.41) is 6.89. The summed E-state index contributed by atoms with van der Waals surface area (Å²) in [6.07, 6.45) is 9.40. The number of hydrogen-bond donors (Lipinski definition) is 1. The number of ether oxygens (including phenoxy) is 4. The molecule has 0 aliphatic carbocycles. The number of unbranched alkanes of at least 4 members (excludes halogenated alkanes) is 2. The molecule has 41 heavy (non-hydrogen) atoms. The normalized spacial score (nSPS) is 19.2. The average molecular weight is 597 g/mol. The summed E-state index contributed by atoms with van der Waals surface area (Å²) in [7, 11) is 0.0193. The molecule has 0 saturated carbocycles. The summed E-state index contributed by atoms with van der Waals surface area (Å²) < 4.78 is 49.8. The van der Waals surface area contributed by atoms with E-state index in [1.807, 2.05) is 26.0 Å². The Balaban J connectivity index is 0.00000187. The van der Waals surface area contributed by atoms with Gasteiger partial charge in [0.15, 0.2) is 17.3 Å². The van der Waals surface area contributed by atoms with Gasteiger partial charge in [-0.3, -0.25) is 9.69 Å². The number of carboxylic acid groups (broad SMARTS) is 1. The lowest BCUT2D eigenvalue weighted by Gasteiger charge is -2.28. The number of hydrogen-bond acceptors (Lipinski definition) is 8. The number of nitrogens with zero attached hydrogens (tertiary/aromatic N) is 2. The number of likely N-dealkylation sites (tertiary alicyclic amines) is 1. The fourth-order valence-electron chi connectivity index (χ4n) is 5.22. The molecule has 2 atom stereocenters. The third-order valence-corrected chi connectivity index (χ3v) is 9.41. The average Bonchev–Trinajstić information content (AvgIpc) is 3.60. The predicted octanol–water partition coefficient (Wildman–Crippen LogP) is 4.98. The minimum absolute atomic E-state index is 0.234. The first-order valence-corrected chi connectivity index (χ1v) is 16.0. The van der Waals surface area contributed by atoms with Crippen molar-refractivity contribution in [2.24, 2.45) is 0 Å². The van der Waals surface area contributed by atoms with Gasteiger partial charge in [-0.1, -0.05) is 38.8 Å². The summed E-state index contributed by atoms with van der Waals surface area (Å²) >= 11 is 0. The molecule has 232 valence electrons. The molecule has 2 heterocycles. The molecule has 3 rings (SSSR count). The molecule has 2 aliphatic rings. The van der Waals surface area contributed by atoms with E-state index < -0.39 is 10.0 Å². The van der Waals surface area contributed by atoms with Crippen LogP contribution < -0.4 is 9.47 Å². The van der Waals surface area contributed by atoms with Crippen LogP contribution in [-0.4, -0.2) is 88.2 Å². The monoisotopic (exact) mass is 596 g/mol. The molecular formula is C30H48N2O8S. The lowest BCUT2D eigenvalue weighted by atomic mass is 9.95. The molecular weight excluding hydrogens is 548 g/mol. The smallest absolute Gasteiger partial charge is 0.290 e. The van der Waals surface area contributed by atoms with Crippen LogP contribution in [0.3, 0.4) is 0 Å². The van der Waals surface area contributed by atoms with E-state index in [9.17, 15) is 8.42 Å². The number of benzene rings is 1. The Morgan fingerprint density at radius 3 is 2.51 bits per heavy atom. The first-order chi connectivity index (χ1) is 19.7. The van der Waals surface area contributed by atoms with Gasteiger partial charge in [-0.05, 0) is 62.3 Å². The van der Waals surface area contributed by atoms with Gasteiger partial charge in [-0.2, -0.15) is 0 Å². The molecule has 0 aromatic heterocycles. The van der Waals surface area contributed by atoms with Gasteiger partial charge in [0, 0.05) is 32.2 Å². The van der Waals surface area contributed by atoms with Crippen molar-refractivity contribution < 1.29 is 37.3 Å². The zero-order valence-corrected chi connectivity index (χ0v) is 26.0. The van der Waals surface area contributed by atoms with Gasteiger partial charge in [0.25, 0.3) is 6.47 Å². The van der Waals surface area contributed by atoms with E-state index in [2.05, 4.69) is 30.0 Å². The van der Waals surface area contributed by atoms with Crippen LogP contribution in [0.1, 0.15) is 70.8 Å². The summed E-state index contributed by atoms with van der Waals surface area (Å²) in [6.45, 7) is 8.69. The maximum atomic E-state index is 13.1. The van der Waals surface area contributed by atoms with Crippen LogP contribution in [0.2, 0.25) is 0 Å². The fraction of sp³-hybridized carbons (Fsp3) is 0.633. The van der Waals surface area contributed by atoms with E-state index in [4.69, 9.17) is 28.8 Å². The van der Waals surface area contributed by atoms with E-state index in [0.717, 1.165) is 62.3 Å². The number of sulfonamides is 1. The molecule has 1 fully saturated rings. The van der Waals surface area contributed by atoms with E-state index in [1.165, 1.54) is 5.56 Å². The van der Waals surface area contributed by atoms with Crippen LogP contribution in [0.25, 0.3) is 0 Å². The van der Waals surface area contributed by atoms with Crippen molar-refractivity contribution >= 4 is 16.5 Å². The van der Waals surface area contributed by atoms with E-state index in [1.54, 1.807) is 18.5 Å². The van der Waals surface area contributed by atoms with E-state index in [0.29, 0.717) is 31.3 Å². The lowest BCUT2D eigenvalue weighted by Crippen LogP contribution is -2.41. The second-order valence-corrected chi connectivity index (χ2v) is 12.3. The number of carbonyl (C=O) groups is 1. The van der Waals surface area contributed by atoms with Crippen molar-refractivity contribution in [2.45, 2.75) is 71.3 Å². The predicted molar refractivity (Wildman–Crippen MR) is 160 cm³/mol. The van der Waals surface area contributed by atoms with Crippen LogP contribution in [0.5, 0.6) is 11.5 Å². The minimum Gasteiger partial charge on any atom is -0.498 e. The zero-order chi connectivity index (χ0) is 30.3. The highest BCUT2D eigenvalue weighted by Crippen LogP contribution is 2.39. The van der Waals surface area contributed by atoms with Crippen molar-refractivity contribution in [1.82, 2.24) is 9.21 Å². The second kappa shape index (κ2) is 17.9. The summed E-state index contributed by atoms with van der Waals surface area (Å²) in [4.78, 5) is 10.8. The zero-order valence-electron chi connectivity index (χ0n) is 25.2. The van der Waals surface area contributed by atoms with Gasteiger partial charge < -0.3 is 24.1 Å². The van der Waals surface area contributed by atoms with Crippen LogP contribution in [-0.2, 0) is 24.3 Å². The maximum Gasteiger partial charge on any atom is 0.290 e. The van der Waals surface area contributed by atoms with Gasteiger partial charge in [0.1, 0.15) is 5.76 Å². The molecule has 11 heteroatoms. The number of allylic oxidation sites excluding steroid dienone is 2. The second-order valence-electron chi connectivity index (χ2n) is 10.2. The highest BCUT2D eigenvalue weighted by Gasteiger charge is 2.34. The molecule has 1 aromatic rings.